The van der Waals surface area contributed by atoms with Crippen molar-refractivity contribution < 1.29 is 9.53 Å². The van der Waals surface area contributed by atoms with Gasteiger partial charge in [-0.1, -0.05) is 45.1 Å². The highest BCUT2D eigenvalue weighted by Crippen LogP contribution is 2.41. The predicted octanol–water partition coefficient (Wildman–Crippen LogP) is 4.69. The Morgan fingerprint density at radius 2 is 2.09 bits per heavy atom. The first-order valence-corrected chi connectivity index (χ1v) is 8.44. The smallest absolute Gasteiger partial charge is 0.141 e. The molecule has 0 saturated heterocycles. The highest BCUT2D eigenvalue weighted by molar-refractivity contribution is 5.83. The topological polar surface area (TPSA) is 38.3 Å². The lowest BCUT2D eigenvalue weighted by molar-refractivity contribution is -0.128. The van der Waals surface area contributed by atoms with E-state index in [9.17, 15) is 4.79 Å². The van der Waals surface area contributed by atoms with Crippen molar-refractivity contribution in [2.75, 3.05) is 12.4 Å². The fourth-order valence-electron chi connectivity index (χ4n) is 3.77. The van der Waals surface area contributed by atoms with Gasteiger partial charge in [0.25, 0.3) is 0 Å². The van der Waals surface area contributed by atoms with Crippen LogP contribution >= 0.6 is 0 Å². The molecule has 0 aliphatic heterocycles. The third kappa shape index (κ3) is 4.15. The number of Topliss-reactive ketones (excluding diaryl/α,β-unsaturated/α-hetero) is 1. The second-order valence-corrected chi connectivity index (χ2v) is 7.37. The third-order valence-electron chi connectivity index (χ3n) is 4.81. The molecule has 23 heavy (non-hydrogen) atoms. The van der Waals surface area contributed by atoms with Crippen molar-refractivity contribution in [1.82, 2.24) is 0 Å². The maximum Gasteiger partial charge on any atom is 0.141 e. The number of ketones is 1. The van der Waals surface area contributed by atoms with E-state index in [0.717, 1.165) is 17.9 Å². The van der Waals surface area contributed by atoms with E-state index >= 15 is 0 Å². The van der Waals surface area contributed by atoms with Gasteiger partial charge >= 0.3 is 0 Å². The number of allylic oxidation sites excluding steroid dienone is 2. The molecule has 1 aromatic rings. The minimum atomic E-state index is 0.0371. The van der Waals surface area contributed by atoms with Gasteiger partial charge in [0.15, 0.2) is 0 Å². The van der Waals surface area contributed by atoms with Crippen molar-refractivity contribution in [3.8, 4) is 5.75 Å². The molecule has 2 rings (SSSR count). The maximum atomic E-state index is 12.9. The van der Waals surface area contributed by atoms with E-state index in [1.807, 2.05) is 24.3 Å². The molecule has 0 saturated carbocycles. The van der Waals surface area contributed by atoms with Crippen molar-refractivity contribution in [3.05, 3.63) is 36.4 Å². The summed E-state index contributed by atoms with van der Waals surface area (Å²) in [6, 6.07) is 7.89. The predicted molar refractivity (Wildman–Crippen MR) is 95.9 cm³/mol. The Labute approximate surface area is 140 Å². The number of carbonyl (C=O) groups excluding carboxylic acids is 1. The number of carbonyl (C=O) groups is 1. The molecular formula is C20H29NO2. The van der Waals surface area contributed by atoms with Crippen LogP contribution in [0.15, 0.2) is 36.4 Å². The lowest BCUT2D eigenvalue weighted by Crippen LogP contribution is -2.39. The summed E-state index contributed by atoms with van der Waals surface area (Å²) < 4.78 is 5.36. The molecule has 126 valence electrons. The Bertz CT molecular complexity index is 577. The molecule has 1 N–H and O–H groups in total. The minimum absolute atomic E-state index is 0.0371. The zero-order chi connectivity index (χ0) is 17.0. The second kappa shape index (κ2) is 7.20. The summed E-state index contributed by atoms with van der Waals surface area (Å²) >= 11 is 0. The number of nitrogens with one attached hydrogen (secondary N) is 1. The highest BCUT2D eigenvalue weighted by atomic mass is 16.5. The van der Waals surface area contributed by atoms with Crippen molar-refractivity contribution >= 4 is 11.5 Å². The summed E-state index contributed by atoms with van der Waals surface area (Å²) in [6.45, 7) is 8.61. The number of methoxy groups -OCH3 is 1. The Kier molecular flexibility index (Phi) is 5.51. The molecule has 0 unspecified atom stereocenters. The Morgan fingerprint density at radius 1 is 1.39 bits per heavy atom. The molecule has 1 aliphatic carbocycles. The number of hydrogen-bond acceptors (Lipinski definition) is 3. The molecular weight excluding hydrogens is 286 g/mol. The van der Waals surface area contributed by atoms with E-state index in [-0.39, 0.29) is 17.4 Å². The molecule has 3 nitrogen and oxygen atoms in total. The van der Waals surface area contributed by atoms with Gasteiger partial charge in [0, 0.05) is 18.4 Å². The first-order chi connectivity index (χ1) is 10.8. The number of hydrogen-bond donors (Lipinski definition) is 1. The molecule has 3 atom stereocenters. The van der Waals surface area contributed by atoms with E-state index < -0.39 is 0 Å². The van der Waals surface area contributed by atoms with Crippen molar-refractivity contribution in [2.24, 2.45) is 17.3 Å². The molecule has 0 fully saturated rings. The van der Waals surface area contributed by atoms with Gasteiger partial charge in [0.05, 0.1) is 12.8 Å². The number of rotatable bonds is 6. The van der Waals surface area contributed by atoms with Crippen LogP contribution in [0.2, 0.25) is 0 Å². The molecule has 0 aromatic heterocycles. The molecule has 0 radical (unpaired) electrons. The van der Waals surface area contributed by atoms with Crippen LogP contribution in [0.25, 0.3) is 0 Å². The van der Waals surface area contributed by atoms with Crippen LogP contribution < -0.4 is 10.1 Å². The fourth-order valence-corrected chi connectivity index (χ4v) is 3.77. The van der Waals surface area contributed by atoms with Gasteiger partial charge in [0.1, 0.15) is 11.5 Å². The largest absolute Gasteiger partial charge is 0.495 e. The second-order valence-electron chi connectivity index (χ2n) is 7.37. The van der Waals surface area contributed by atoms with Gasteiger partial charge in [-0.2, -0.15) is 0 Å². The zero-order valence-corrected chi connectivity index (χ0v) is 14.9. The number of para-hydroxylation sites is 2. The SMILES string of the molecule is COc1ccccc1N[C@@H](C)CC(=O)[C@H]1[C@@H](C)C=CCC1(C)C. The standard InChI is InChI=1S/C20H29NO2/c1-14-9-8-12-20(3,4)19(14)17(22)13-15(2)21-16-10-6-7-11-18(16)23-5/h6-11,14-15,19,21H,12-13H2,1-5H3/t14-,15-,19+/m0/s1. The molecule has 1 aromatic carbocycles. The van der Waals surface area contributed by atoms with Crippen LogP contribution in [0.5, 0.6) is 5.75 Å². The Morgan fingerprint density at radius 3 is 2.74 bits per heavy atom. The van der Waals surface area contributed by atoms with Crippen LogP contribution in [-0.2, 0) is 4.79 Å². The van der Waals surface area contributed by atoms with E-state index in [1.54, 1.807) is 7.11 Å². The quantitative estimate of drug-likeness (QED) is 0.774. The van der Waals surface area contributed by atoms with Gasteiger partial charge < -0.3 is 10.1 Å². The molecule has 0 spiro atoms. The molecule has 0 bridgehead atoms. The number of benzene rings is 1. The van der Waals surface area contributed by atoms with Crippen molar-refractivity contribution in [2.45, 2.75) is 46.6 Å². The Balaban J connectivity index is 2.03. The van der Waals surface area contributed by atoms with Crippen molar-refractivity contribution in [1.29, 1.82) is 0 Å². The Hall–Kier alpha value is -1.77. The summed E-state index contributed by atoms with van der Waals surface area (Å²) in [5.41, 5.74) is 0.973. The van der Waals surface area contributed by atoms with Gasteiger partial charge in [-0.3, -0.25) is 4.79 Å². The van der Waals surface area contributed by atoms with Crippen molar-refractivity contribution in [3.63, 3.8) is 0 Å². The lowest BCUT2D eigenvalue weighted by atomic mass is 9.64. The van der Waals surface area contributed by atoms with Crippen LogP contribution in [0.3, 0.4) is 0 Å². The number of anilines is 1. The van der Waals surface area contributed by atoms with Crippen LogP contribution in [0.4, 0.5) is 5.69 Å². The summed E-state index contributed by atoms with van der Waals surface area (Å²) in [5.74, 6) is 1.56. The average Bonchev–Trinajstić information content (AvgIpc) is 2.46. The third-order valence-corrected chi connectivity index (χ3v) is 4.81. The first kappa shape index (κ1) is 17.6. The summed E-state index contributed by atoms with van der Waals surface area (Å²) in [4.78, 5) is 12.9. The van der Waals surface area contributed by atoms with Crippen LogP contribution in [0, 0.1) is 17.3 Å². The number of ether oxygens (including phenoxy) is 1. The van der Waals surface area contributed by atoms with Gasteiger partial charge in [-0.25, -0.2) is 0 Å². The monoisotopic (exact) mass is 315 g/mol. The summed E-state index contributed by atoms with van der Waals surface area (Å²) in [5, 5.41) is 3.41. The highest BCUT2D eigenvalue weighted by Gasteiger charge is 2.39. The van der Waals surface area contributed by atoms with E-state index in [0.29, 0.717) is 18.1 Å². The van der Waals surface area contributed by atoms with E-state index in [4.69, 9.17) is 4.74 Å². The van der Waals surface area contributed by atoms with Crippen LogP contribution in [0.1, 0.15) is 40.5 Å². The molecule has 1 aliphatic rings. The van der Waals surface area contributed by atoms with E-state index in [2.05, 4.69) is 45.2 Å². The van der Waals surface area contributed by atoms with Crippen LogP contribution in [-0.4, -0.2) is 18.9 Å². The lowest BCUT2D eigenvalue weighted by Gasteiger charge is -2.39. The normalized spacial score (nSPS) is 24.0. The van der Waals surface area contributed by atoms with Gasteiger partial charge in [0.2, 0.25) is 0 Å². The average molecular weight is 315 g/mol. The molecule has 3 heteroatoms. The van der Waals surface area contributed by atoms with Gasteiger partial charge in [-0.05, 0) is 36.8 Å². The zero-order valence-electron chi connectivity index (χ0n) is 14.9. The minimum Gasteiger partial charge on any atom is -0.495 e. The van der Waals surface area contributed by atoms with E-state index in [1.165, 1.54) is 0 Å². The molecule has 0 heterocycles. The molecule has 0 amide bonds. The maximum absolute atomic E-state index is 12.9. The summed E-state index contributed by atoms with van der Waals surface area (Å²) in [7, 11) is 1.66. The fraction of sp³-hybridized carbons (Fsp3) is 0.550. The van der Waals surface area contributed by atoms with Gasteiger partial charge in [-0.15, -0.1) is 0 Å². The first-order valence-electron chi connectivity index (χ1n) is 8.44. The summed E-state index contributed by atoms with van der Waals surface area (Å²) in [6.07, 6.45) is 5.91.